The SMILES string of the molecule is CC1CCCC(C(=O)C=[N+]=[N-])O1. The van der Waals surface area contributed by atoms with Gasteiger partial charge in [0.15, 0.2) is 0 Å². The number of rotatable bonds is 2. The third-order valence-corrected chi connectivity index (χ3v) is 1.98. The molecule has 0 aromatic rings. The van der Waals surface area contributed by atoms with Gasteiger partial charge in [0.05, 0.1) is 6.10 Å². The van der Waals surface area contributed by atoms with E-state index in [2.05, 4.69) is 4.79 Å². The second kappa shape index (κ2) is 4.14. The van der Waals surface area contributed by atoms with Gasteiger partial charge in [0, 0.05) is 0 Å². The number of hydrogen-bond donors (Lipinski definition) is 0. The molecule has 0 bridgehead atoms. The van der Waals surface area contributed by atoms with Gasteiger partial charge in [-0.15, -0.1) is 0 Å². The summed E-state index contributed by atoms with van der Waals surface area (Å²) in [5.41, 5.74) is 8.13. The number of ether oxygens (including phenoxy) is 1. The van der Waals surface area contributed by atoms with E-state index in [1.54, 1.807) is 0 Å². The highest BCUT2D eigenvalue weighted by Crippen LogP contribution is 2.18. The maximum absolute atomic E-state index is 11.1. The van der Waals surface area contributed by atoms with Crippen LogP contribution in [0.3, 0.4) is 0 Å². The minimum Gasteiger partial charge on any atom is -0.367 e. The maximum atomic E-state index is 11.1. The fourth-order valence-electron chi connectivity index (χ4n) is 1.36. The van der Waals surface area contributed by atoms with Crippen molar-refractivity contribution in [1.29, 1.82) is 0 Å². The Morgan fingerprint density at radius 1 is 1.67 bits per heavy atom. The largest absolute Gasteiger partial charge is 0.367 e. The highest BCUT2D eigenvalue weighted by Gasteiger charge is 2.26. The molecule has 1 aliphatic rings. The number of hydrogen-bond acceptors (Lipinski definition) is 2. The molecule has 0 aromatic carbocycles. The lowest BCUT2D eigenvalue weighted by Gasteiger charge is -2.24. The number of carbonyl (C=O) groups is 1. The Kier molecular flexibility index (Phi) is 3.14. The monoisotopic (exact) mass is 168 g/mol. The van der Waals surface area contributed by atoms with Gasteiger partial charge < -0.3 is 10.3 Å². The highest BCUT2D eigenvalue weighted by atomic mass is 16.5. The molecule has 66 valence electrons. The molecule has 0 aromatic heterocycles. The fraction of sp³-hybridized carbons (Fsp3) is 0.750. The van der Waals surface area contributed by atoms with E-state index < -0.39 is 6.10 Å². The van der Waals surface area contributed by atoms with Crippen LogP contribution in [-0.4, -0.2) is 29.0 Å². The predicted molar refractivity (Wildman–Crippen MR) is 42.9 cm³/mol. The summed E-state index contributed by atoms with van der Waals surface area (Å²) in [6.45, 7) is 1.94. The molecule has 12 heavy (non-hydrogen) atoms. The van der Waals surface area contributed by atoms with Crippen molar-refractivity contribution < 1.29 is 14.3 Å². The molecule has 1 fully saturated rings. The fourth-order valence-corrected chi connectivity index (χ4v) is 1.36. The predicted octanol–water partition coefficient (Wildman–Crippen LogP) is 0.814. The first kappa shape index (κ1) is 9.10. The van der Waals surface area contributed by atoms with Crippen molar-refractivity contribution >= 4 is 12.0 Å². The lowest BCUT2D eigenvalue weighted by Crippen LogP contribution is -2.33. The van der Waals surface area contributed by atoms with E-state index >= 15 is 0 Å². The van der Waals surface area contributed by atoms with Crippen LogP contribution in [0.2, 0.25) is 0 Å². The third-order valence-electron chi connectivity index (χ3n) is 1.98. The van der Waals surface area contributed by atoms with Crippen molar-refractivity contribution in [3.05, 3.63) is 5.53 Å². The Balaban J connectivity index is 2.51. The molecule has 0 amide bonds. The van der Waals surface area contributed by atoms with Crippen molar-refractivity contribution in [3.8, 4) is 0 Å². The molecule has 0 aliphatic carbocycles. The van der Waals surface area contributed by atoms with E-state index in [-0.39, 0.29) is 11.9 Å². The van der Waals surface area contributed by atoms with E-state index in [4.69, 9.17) is 10.3 Å². The molecule has 1 heterocycles. The van der Waals surface area contributed by atoms with Crippen LogP contribution in [0.4, 0.5) is 0 Å². The number of ketones is 1. The van der Waals surface area contributed by atoms with E-state index in [0.29, 0.717) is 0 Å². The smallest absolute Gasteiger partial charge is 0.325 e. The number of Topliss-reactive ketones (excluding diaryl/α,β-unsaturated/α-hetero) is 1. The van der Waals surface area contributed by atoms with Crippen molar-refractivity contribution in [2.24, 2.45) is 0 Å². The van der Waals surface area contributed by atoms with Crippen molar-refractivity contribution in [2.75, 3.05) is 0 Å². The highest BCUT2D eigenvalue weighted by molar-refractivity contribution is 6.27. The quantitative estimate of drug-likeness (QED) is 0.348. The van der Waals surface area contributed by atoms with E-state index in [0.717, 1.165) is 25.5 Å². The Labute approximate surface area is 71.1 Å². The summed E-state index contributed by atoms with van der Waals surface area (Å²) in [7, 11) is 0. The summed E-state index contributed by atoms with van der Waals surface area (Å²) >= 11 is 0. The number of nitrogens with zero attached hydrogens (tertiary/aromatic N) is 2. The normalized spacial score (nSPS) is 29.1. The lowest BCUT2D eigenvalue weighted by atomic mass is 10.0. The molecular formula is C8H12N2O2. The van der Waals surface area contributed by atoms with Gasteiger partial charge in [-0.05, 0) is 26.2 Å². The average molecular weight is 168 g/mol. The van der Waals surface area contributed by atoms with Crippen LogP contribution >= 0.6 is 0 Å². The first-order chi connectivity index (χ1) is 5.74. The standard InChI is InChI=1S/C8H12N2O2/c1-6-3-2-4-8(12-6)7(11)5-10-9/h5-6,8H,2-4H2,1H3. The topological polar surface area (TPSA) is 62.7 Å². The zero-order chi connectivity index (χ0) is 8.97. The van der Waals surface area contributed by atoms with Crippen LogP contribution in [-0.2, 0) is 9.53 Å². The molecular weight excluding hydrogens is 156 g/mol. The molecule has 1 aliphatic heterocycles. The van der Waals surface area contributed by atoms with Gasteiger partial charge in [-0.2, -0.15) is 4.79 Å². The Bertz CT molecular complexity index is 221. The minimum absolute atomic E-state index is 0.139. The minimum atomic E-state index is -0.398. The summed E-state index contributed by atoms with van der Waals surface area (Å²) in [5.74, 6) is -0.246. The summed E-state index contributed by atoms with van der Waals surface area (Å²) in [6, 6.07) is 0. The van der Waals surface area contributed by atoms with Crippen LogP contribution in [0.1, 0.15) is 26.2 Å². The van der Waals surface area contributed by atoms with Crippen LogP contribution in [0.25, 0.3) is 5.53 Å². The zero-order valence-corrected chi connectivity index (χ0v) is 7.06. The van der Waals surface area contributed by atoms with E-state index in [1.807, 2.05) is 6.92 Å². The van der Waals surface area contributed by atoms with Crippen molar-refractivity contribution in [2.45, 2.75) is 38.4 Å². The third kappa shape index (κ3) is 2.26. The Morgan fingerprint density at radius 2 is 2.42 bits per heavy atom. The van der Waals surface area contributed by atoms with Gasteiger partial charge in [-0.3, -0.25) is 4.79 Å². The van der Waals surface area contributed by atoms with E-state index in [9.17, 15) is 4.79 Å². The van der Waals surface area contributed by atoms with Gasteiger partial charge in [0.25, 0.3) is 5.78 Å². The first-order valence-electron chi connectivity index (χ1n) is 4.10. The van der Waals surface area contributed by atoms with Gasteiger partial charge in [0.1, 0.15) is 6.10 Å². The van der Waals surface area contributed by atoms with Crippen molar-refractivity contribution in [3.63, 3.8) is 0 Å². The molecule has 0 saturated carbocycles. The number of carbonyl (C=O) groups excluding carboxylic acids is 1. The Morgan fingerprint density at radius 3 is 3.00 bits per heavy atom. The molecule has 0 radical (unpaired) electrons. The molecule has 0 spiro atoms. The maximum Gasteiger partial charge on any atom is 0.325 e. The summed E-state index contributed by atoms with van der Waals surface area (Å²) < 4.78 is 5.35. The Hall–Kier alpha value is -0.990. The van der Waals surface area contributed by atoms with Crippen LogP contribution in [0, 0.1) is 0 Å². The summed E-state index contributed by atoms with van der Waals surface area (Å²) in [4.78, 5) is 13.8. The first-order valence-corrected chi connectivity index (χ1v) is 4.10. The van der Waals surface area contributed by atoms with Crippen LogP contribution in [0.15, 0.2) is 0 Å². The van der Waals surface area contributed by atoms with Crippen molar-refractivity contribution in [1.82, 2.24) is 0 Å². The lowest BCUT2D eigenvalue weighted by molar-refractivity contribution is -0.134. The molecule has 0 N–H and O–H groups in total. The van der Waals surface area contributed by atoms with Gasteiger partial charge in [-0.25, -0.2) is 0 Å². The second-order valence-corrected chi connectivity index (χ2v) is 3.01. The molecule has 2 atom stereocenters. The summed E-state index contributed by atoms with van der Waals surface area (Å²) in [5, 5.41) is 0. The second-order valence-electron chi connectivity index (χ2n) is 3.01. The molecule has 2 unspecified atom stereocenters. The molecule has 4 heteroatoms. The van der Waals surface area contributed by atoms with Gasteiger partial charge in [0.2, 0.25) is 0 Å². The molecule has 1 rings (SSSR count). The molecule has 1 saturated heterocycles. The average Bonchev–Trinajstić information content (AvgIpc) is 2.05. The molecule has 4 nitrogen and oxygen atoms in total. The zero-order valence-electron chi connectivity index (χ0n) is 7.06. The summed E-state index contributed by atoms with van der Waals surface area (Å²) in [6.07, 6.45) is 3.37. The van der Waals surface area contributed by atoms with Gasteiger partial charge in [-0.1, -0.05) is 0 Å². The van der Waals surface area contributed by atoms with Crippen LogP contribution in [0.5, 0.6) is 0 Å². The van der Waals surface area contributed by atoms with E-state index in [1.165, 1.54) is 0 Å². The van der Waals surface area contributed by atoms with Gasteiger partial charge >= 0.3 is 6.21 Å². The van der Waals surface area contributed by atoms with Crippen LogP contribution < -0.4 is 0 Å².